The third-order valence-electron chi connectivity index (χ3n) is 2.17. The second kappa shape index (κ2) is 5.88. The summed E-state index contributed by atoms with van der Waals surface area (Å²) in [5.74, 6) is -0.479. The van der Waals surface area contributed by atoms with Gasteiger partial charge < -0.3 is 14.9 Å². The molecule has 6 heteroatoms. The molecule has 0 unspecified atom stereocenters. The molecule has 94 valence electrons. The molecule has 0 aromatic heterocycles. The zero-order valence-electron chi connectivity index (χ0n) is 9.61. The first-order valence-electron chi connectivity index (χ1n) is 4.89. The van der Waals surface area contributed by atoms with Gasteiger partial charge in [-0.25, -0.2) is 0 Å². The number of carbonyl (C=O) groups is 1. The van der Waals surface area contributed by atoms with E-state index in [0.29, 0.717) is 16.8 Å². The summed E-state index contributed by atoms with van der Waals surface area (Å²) in [5.41, 5.74) is 0.857. The molecule has 1 aromatic rings. The third kappa shape index (κ3) is 3.90. The summed E-state index contributed by atoms with van der Waals surface area (Å²) >= 11 is 3.21. The van der Waals surface area contributed by atoms with Gasteiger partial charge in [0.15, 0.2) is 11.5 Å². The normalized spacial score (nSPS) is 10.6. The molecule has 1 aromatic carbocycles. The second-order valence-corrected chi connectivity index (χ2v) is 4.55. The number of phenols is 1. The minimum absolute atomic E-state index is 0.0390. The SMILES string of the molecule is COc1cc(CN(C)CC(=O)O)cc(Br)c1O. The van der Waals surface area contributed by atoms with E-state index < -0.39 is 5.97 Å². The number of nitrogens with zero attached hydrogens (tertiary/aromatic N) is 1. The Morgan fingerprint density at radius 3 is 2.71 bits per heavy atom. The average Bonchev–Trinajstić information content (AvgIpc) is 2.21. The number of methoxy groups -OCH3 is 1. The largest absolute Gasteiger partial charge is 0.503 e. The minimum Gasteiger partial charge on any atom is -0.503 e. The van der Waals surface area contributed by atoms with Crippen LogP contribution in [0.1, 0.15) is 5.56 Å². The molecule has 0 saturated heterocycles. The predicted octanol–water partition coefficient (Wildman–Crippen LogP) is 1.68. The number of aliphatic carboxylic acids is 1. The second-order valence-electron chi connectivity index (χ2n) is 3.69. The molecule has 0 aliphatic heterocycles. The van der Waals surface area contributed by atoms with Crippen molar-refractivity contribution in [3.8, 4) is 11.5 Å². The summed E-state index contributed by atoms with van der Waals surface area (Å²) in [4.78, 5) is 12.2. The molecule has 0 heterocycles. The number of benzene rings is 1. The Morgan fingerprint density at radius 1 is 1.53 bits per heavy atom. The number of halogens is 1. The van der Waals surface area contributed by atoms with Crippen molar-refractivity contribution in [2.75, 3.05) is 20.7 Å². The predicted molar refractivity (Wildman–Crippen MR) is 66.3 cm³/mol. The summed E-state index contributed by atoms with van der Waals surface area (Å²) in [5, 5.41) is 18.3. The average molecular weight is 304 g/mol. The number of ether oxygens (including phenoxy) is 1. The molecular weight excluding hydrogens is 290 g/mol. The maximum absolute atomic E-state index is 10.5. The van der Waals surface area contributed by atoms with Gasteiger partial charge in [0.1, 0.15) is 0 Å². The number of carboxylic acid groups (broad SMARTS) is 1. The Morgan fingerprint density at radius 2 is 2.18 bits per heavy atom. The lowest BCUT2D eigenvalue weighted by Crippen LogP contribution is -2.25. The quantitative estimate of drug-likeness (QED) is 0.866. The Balaban J connectivity index is 2.85. The van der Waals surface area contributed by atoms with Crippen molar-refractivity contribution >= 4 is 21.9 Å². The van der Waals surface area contributed by atoms with E-state index >= 15 is 0 Å². The van der Waals surface area contributed by atoms with Gasteiger partial charge in [-0.15, -0.1) is 0 Å². The number of hydrogen-bond donors (Lipinski definition) is 2. The zero-order valence-corrected chi connectivity index (χ0v) is 11.2. The number of carboxylic acids is 1. The number of likely N-dealkylation sites (N-methyl/N-ethyl adjacent to an activating group) is 1. The molecule has 0 aliphatic rings. The maximum Gasteiger partial charge on any atom is 0.317 e. The fourth-order valence-corrected chi connectivity index (χ4v) is 1.96. The lowest BCUT2D eigenvalue weighted by molar-refractivity contribution is -0.138. The van der Waals surface area contributed by atoms with Crippen LogP contribution >= 0.6 is 15.9 Å². The highest BCUT2D eigenvalue weighted by Gasteiger charge is 2.11. The van der Waals surface area contributed by atoms with Crippen LogP contribution in [-0.4, -0.2) is 41.8 Å². The van der Waals surface area contributed by atoms with Crippen molar-refractivity contribution in [3.63, 3.8) is 0 Å². The van der Waals surface area contributed by atoms with Gasteiger partial charge in [-0.2, -0.15) is 0 Å². The van der Waals surface area contributed by atoms with E-state index in [9.17, 15) is 9.90 Å². The van der Waals surface area contributed by atoms with Gasteiger partial charge in [0.05, 0.1) is 18.1 Å². The maximum atomic E-state index is 10.5. The first-order chi connectivity index (χ1) is 7.93. The lowest BCUT2D eigenvalue weighted by atomic mass is 10.2. The van der Waals surface area contributed by atoms with E-state index in [2.05, 4.69) is 15.9 Å². The molecule has 2 N–H and O–H groups in total. The van der Waals surface area contributed by atoms with Crippen LogP contribution in [0.3, 0.4) is 0 Å². The lowest BCUT2D eigenvalue weighted by Gasteiger charge is -2.15. The van der Waals surface area contributed by atoms with E-state index in [4.69, 9.17) is 9.84 Å². The Hall–Kier alpha value is -1.27. The number of rotatable bonds is 5. The summed E-state index contributed by atoms with van der Waals surface area (Å²) in [7, 11) is 3.17. The first kappa shape index (κ1) is 13.8. The van der Waals surface area contributed by atoms with Crippen LogP contribution in [0.5, 0.6) is 11.5 Å². The Bertz CT molecular complexity index is 422. The molecule has 5 nitrogen and oxygen atoms in total. The summed E-state index contributed by atoms with van der Waals surface area (Å²) in [6.07, 6.45) is 0. The van der Waals surface area contributed by atoms with Gasteiger partial charge in [-0.3, -0.25) is 9.69 Å². The van der Waals surface area contributed by atoms with Crippen molar-refractivity contribution in [3.05, 3.63) is 22.2 Å². The summed E-state index contributed by atoms with van der Waals surface area (Å²) in [6.45, 7) is 0.419. The topological polar surface area (TPSA) is 70.0 Å². The van der Waals surface area contributed by atoms with Crippen LogP contribution < -0.4 is 4.74 Å². The minimum atomic E-state index is -0.877. The van der Waals surface area contributed by atoms with E-state index in [1.165, 1.54) is 7.11 Å². The van der Waals surface area contributed by atoms with Gasteiger partial charge in [-0.05, 0) is 40.7 Å². The number of hydrogen-bond acceptors (Lipinski definition) is 4. The monoisotopic (exact) mass is 303 g/mol. The molecule has 0 atom stereocenters. The van der Waals surface area contributed by atoms with Crippen LogP contribution in [-0.2, 0) is 11.3 Å². The highest BCUT2D eigenvalue weighted by atomic mass is 79.9. The van der Waals surface area contributed by atoms with Gasteiger partial charge in [0.2, 0.25) is 0 Å². The molecule has 0 aliphatic carbocycles. The van der Waals surface area contributed by atoms with Crippen LogP contribution in [0.2, 0.25) is 0 Å². The third-order valence-corrected chi connectivity index (χ3v) is 2.77. The molecule has 0 fully saturated rings. The van der Waals surface area contributed by atoms with E-state index in [1.54, 1.807) is 24.1 Å². The highest BCUT2D eigenvalue weighted by molar-refractivity contribution is 9.10. The molecule has 0 amide bonds. The summed E-state index contributed by atoms with van der Waals surface area (Å²) in [6, 6.07) is 3.41. The van der Waals surface area contributed by atoms with E-state index in [1.807, 2.05) is 0 Å². The van der Waals surface area contributed by atoms with Crippen LogP contribution in [0, 0.1) is 0 Å². The van der Waals surface area contributed by atoms with Crippen LogP contribution in [0.25, 0.3) is 0 Å². The van der Waals surface area contributed by atoms with Crippen LogP contribution in [0.4, 0.5) is 0 Å². The van der Waals surface area contributed by atoms with Crippen molar-refractivity contribution in [1.82, 2.24) is 4.90 Å². The van der Waals surface area contributed by atoms with Crippen molar-refractivity contribution in [2.45, 2.75) is 6.54 Å². The fourth-order valence-electron chi connectivity index (χ4n) is 1.47. The van der Waals surface area contributed by atoms with Crippen LogP contribution in [0.15, 0.2) is 16.6 Å². The Labute approximate surface area is 108 Å². The van der Waals surface area contributed by atoms with E-state index in [0.717, 1.165) is 5.56 Å². The fraction of sp³-hybridized carbons (Fsp3) is 0.364. The van der Waals surface area contributed by atoms with Crippen molar-refractivity contribution < 1.29 is 19.7 Å². The van der Waals surface area contributed by atoms with Crippen molar-refractivity contribution in [1.29, 1.82) is 0 Å². The van der Waals surface area contributed by atoms with Gasteiger partial charge in [0, 0.05) is 6.54 Å². The summed E-state index contributed by atoms with van der Waals surface area (Å²) < 4.78 is 5.54. The molecule has 0 radical (unpaired) electrons. The zero-order chi connectivity index (χ0) is 13.0. The molecule has 0 bridgehead atoms. The van der Waals surface area contributed by atoms with Crippen molar-refractivity contribution in [2.24, 2.45) is 0 Å². The number of aromatic hydroxyl groups is 1. The number of phenolic OH excluding ortho intramolecular Hbond substituents is 1. The smallest absolute Gasteiger partial charge is 0.317 e. The Kier molecular flexibility index (Phi) is 4.77. The molecule has 0 saturated carbocycles. The molecule has 1 rings (SSSR count). The molecule has 17 heavy (non-hydrogen) atoms. The standard InChI is InChI=1S/C11H14BrNO4/c1-13(6-10(14)15)5-7-3-8(12)11(16)9(4-7)17-2/h3-4,16H,5-6H2,1-2H3,(H,14,15). The van der Waals surface area contributed by atoms with E-state index in [-0.39, 0.29) is 12.3 Å². The first-order valence-corrected chi connectivity index (χ1v) is 5.69. The van der Waals surface area contributed by atoms with Gasteiger partial charge >= 0.3 is 5.97 Å². The molecular formula is C11H14BrNO4. The van der Waals surface area contributed by atoms with Gasteiger partial charge in [0.25, 0.3) is 0 Å². The van der Waals surface area contributed by atoms with Gasteiger partial charge in [-0.1, -0.05) is 0 Å². The molecule has 0 spiro atoms. The highest BCUT2D eigenvalue weighted by Crippen LogP contribution is 2.35.